The predicted molar refractivity (Wildman–Crippen MR) is 246 cm³/mol. The van der Waals surface area contributed by atoms with Crippen LogP contribution in [0.15, 0.2) is 46.8 Å². The predicted octanol–water partition coefficient (Wildman–Crippen LogP) is 4.11. The highest BCUT2D eigenvalue weighted by Crippen LogP contribution is 2.72. The van der Waals surface area contributed by atoms with Crippen molar-refractivity contribution >= 4 is 17.7 Å². The van der Waals surface area contributed by atoms with Gasteiger partial charge in [0.15, 0.2) is 11.7 Å². The molecule has 1 aromatic rings. The summed E-state index contributed by atoms with van der Waals surface area (Å²) in [4.78, 5) is 35.7. The van der Waals surface area contributed by atoms with Gasteiger partial charge in [-0.05, 0) is 166 Å². The van der Waals surface area contributed by atoms with Gasteiger partial charge in [0.1, 0.15) is 0 Å². The number of nitrogens with two attached hydrogens (primary N) is 2. The SMILES string of the molecule is CC1CCC2=CC3CCC4C(C5COC(=O)C5c5cc[nH]c5)C#CCC5CC6(O)C7=CC(=O)C8CC(O)C(O)CC8(C)C7CCC6(CCN=C(N)N)C5C(C)(O)C(O)CC(CO)C3C4C2C1. The number of rotatable bonds is 6. The molecule has 0 radical (unpaired) electrons. The zero-order valence-corrected chi connectivity index (χ0v) is 39.0. The molecule has 21 atom stereocenters. The fraction of sp³-hybridized carbons (Fsp3) is 0.755. The average Bonchev–Trinajstić information content (AvgIpc) is 3.99. The number of nitrogens with zero attached hydrogens (tertiary/aromatic N) is 1. The monoisotopic (exact) mass is 911 g/mol. The number of carbonyl (C=O) groups excluding carboxylic acids is 2. The van der Waals surface area contributed by atoms with E-state index in [1.165, 1.54) is 5.57 Å². The number of guanidine groups is 1. The van der Waals surface area contributed by atoms with E-state index in [4.69, 9.17) is 16.2 Å². The molecule has 21 unspecified atom stereocenters. The summed E-state index contributed by atoms with van der Waals surface area (Å²) >= 11 is 0. The number of aromatic amines is 1. The molecule has 11 N–H and O–H groups in total. The van der Waals surface area contributed by atoms with Gasteiger partial charge in [0.05, 0.1) is 42.0 Å². The Morgan fingerprint density at radius 3 is 2.53 bits per heavy atom. The third-order valence-corrected chi connectivity index (χ3v) is 20.3. The third kappa shape index (κ3) is 7.03. The first kappa shape index (κ1) is 46.2. The molecule has 0 amide bonds. The van der Waals surface area contributed by atoms with Crippen molar-refractivity contribution in [1.29, 1.82) is 0 Å². The number of ether oxygens (including phenoxy) is 1. The van der Waals surface area contributed by atoms with Crippen molar-refractivity contribution in [2.75, 3.05) is 19.8 Å². The Morgan fingerprint density at radius 2 is 1.79 bits per heavy atom. The van der Waals surface area contributed by atoms with E-state index in [1.807, 2.05) is 25.4 Å². The fourth-order valence-corrected chi connectivity index (χ4v) is 17.6. The van der Waals surface area contributed by atoms with E-state index in [1.54, 1.807) is 13.0 Å². The highest BCUT2D eigenvalue weighted by atomic mass is 16.5. The standard InChI is InChI=1S/C53H74N4O9/c1-27-7-8-28-18-29-9-10-34-33(36-26-66-48(63)45(36)31-12-15-56-24-31)6-4-5-30-22-53(65)38-20-40(59)39-21-41(60)42(61)23-50(39,2)37(38)11-13-52(53,14-16-57-49(54)55)47(30)51(3,64)43(62)19-32(25-58)44(29)46(34)35(28)17-27/h12,15,18,20,24,27,29-30,32-37,39,41-47,56,58,60-62,64-65H,5,7-11,13-14,16-17,19,21-23,25-26H2,1-3H3,(H4,54,55,57). The van der Waals surface area contributed by atoms with Crippen molar-refractivity contribution in [2.45, 2.75) is 140 Å². The minimum atomic E-state index is -1.80. The Bertz CT molecular complexity index is 2210. The number of fused-ring (bicyclic) bond motifs is 8. The Morgan fingerprint density at radius 1 is 0.985 bits per heavy atom. The molecule has 1 saturated heterocycles. The fourth-order valence-electron chi connectivity index (χ4n) is 17.6. The van der Waals surface area contributed by atoms with E-state index in [-0.39, 0.29) is 129 Å². The molecule has 360 valence electrons. The van der Waals surface area contributed by atoms with Crippen molar-refractivity contribution in [3.63, 3.8) is 0 Å². The molecular weight excluding hydrogens is 837 g/mol. The lowest BCUT2D eigenvalue weighted by Crippen LogP contribution is -2.64. The number of aliphatic imine (C=N–C) groups is 1. The van der Waals surface area contributed by atoms with Gasteiger partial charge in [0.2, 0.25) is 0 Å². The molecule has 2 heterocycles. The number of allylic oxidation sites excluding steroid dienone is 3. The minimum Gasteiger partial charge on any atom is -0.465 e. The summed E-state index contributed by atoms with van der Waals surface area (Å²) in [7, 11) is 0. The van der Waals surface area contributed by atoms with Crippen LogP contribution >= 0.6 is 0 Å². The van der Waals surface area contributed by atoms with Crippen LogP contribution in [0.3, 0.4) is 0 Å². The Hall–Kier alpha value is -3.51. The number of H-pyrrole nitrogens is 1. The Kier molecular flexibility index (Phi) is 11.8. The lowest BCUT2D eigenvalue weighted by molar-refractivity contribution is -0.190. The zero-order valence-electron chi connectivity index (χ0n) is 39.0. The quantitative estimate of drug-likeness (QED) is 0.0647. The molecule has 6 fully saturated rings. The van der Waals surface area contributed by atoms with E-state index in [0.717, 1.165) is 37.7 Å². The smallest absolute Gasteiger partial charge is 0.313 e. The largest absolute Gasteiger partial charge is 0.465 e. The molecule has 9 aliphatic rings. The second-order valence-electron chi connectivity index (χ2n) is 23.4. The van der Waals surface area contributed by atoms with Gasteiger partial charge in [-0.3, -0.25) is 14.6 Å². The number of cyclic esters (lactones) is 1. The number of aliphatic hydroxyl groups excluding tert-OH is 4. The molecular formula is C53H74N4O9. The van der Waals surface area contributed by atoms with Crippen LogP contribution in [0.2, 0.25) is 0 Å². The number of nitrogens with one attached hydrogen (secondary N) is 1. The van der Waals surface area contributed by atoms with E-state index in [0.29, 0.717) is 24.3 Å². The summed E-state index contributed by atoms with van der Waals surface area (Å²) in [6.45, 7) is 6.27. The van der Waals surface area contributed by atoms with E-state index in [2.05, 4.69) is 34.8 Å². The van der Waals surface area contributed by atoms with Crippen LogP contribution in [0.25, 0.3) is 0 Å². The van der Waals surface area contributed by atoms with Crippen LogP contribution in [0.1, 0.15) is 116 Å². The van der Waals surface area contributed by atoms with Gasteiger partial charge < -0.3 is 51.8 Å². The number of esters is 1. The normalized spacial score (nSPS) is 49.6. The van der Waals surface area contributed by atoms with Gasteiger partial charge in [-0.2, -0.15) is 0 Å². The maximum absolute atomic E-state index is 14.3. The molecule has 5 saturated carbocycles. The van der Waals surface area contributed by atoms with E-state index < -0.39 is 64.0 Å². The summed E-state index contributed by atoms with van der Waals surface area (Å²) in [5, 5.41) is 73.6. The van der Waals surface area contributed by atoms with Crippen molar-refractivity contribution in [1.82, 2.24) is 4.98 Å². The van der Waals surface area contributed by atoms with Crippen molar-refractivity contribution in [3.8, 4) is 11.8 Å². The zero-order chi connectivity index (χ0) is 46.7. The molecule has 66 heavy (non-hydrogen) atoms. The topological polar surface area (TPSA) is 245 Å². The molecule has 10 rings (SSSR count). The molecule has 0 aromatic carbocycles. The van der Waals surface area contributed by atoms with Crippen LogP contribution in [-0.2, 0) is 14.3 Å². The number of carbonyl (C=O) groups is 2. The van der Waals surface area contributed by atoms with Crippen molar-refractivity contribution in [3.05, 3.63) is 47.3 Å². The first-order valence-corrected chi connectivity index (χ1v) is 25.3. The van der Waals surface area contributed by atoms with Crippen molar-refractivity contribution < 1.29 is 45.0 Å². The maximum Gasteiger partial charge on any atom is 0.313 e. The number of aliphatic hydroxyl groups is 6. The molecule has 4 bridgehead atoms. The maximum atomic E-state index is 14.3. The summed E-state index contributed by atoms with van der Waals surface area (Å²) in [6, 6.07) is 1.95. The van der Waals surface area contributed by atoms with Crippen LogP contribution in [0.5, 0.6) is 0 Å². The highest BCUT2D eigenvalue weighted by Gasteiger charge is 2.73. The lowest BCUT2D eigenvalue weighted by atomic mass is 9.44. The third-order valence-electron chi connectivity index (χ3n) is 20.3. The first-order chi connectivity index (χ1) is 31.4. The van der Waals surface area contributed by atoms with Gasteiger partial charge in [0, 0.05) is 61.1 Å². The summed E-state index contributed by atoms with van der Waals surface area (Å²) in [6.07, 6.45) is 11.7. The first-order valence-electron chi connectivity index (χ1n) is 25.3. The highest BCUT2D eigenvalue weighted by molar-refractivity contribution is 5.95. The van der Waals surface area contributed by atoms with Gasteiger partial charge in [-0.15, -0.1) is 5.92 Å². The molecule has 13 nitrogen and oxygen atoms in total. The summed E-state index contributed by atoms with van der Waals surface area (Å²) < 4.78 is 5.97. The van der Waals surface area contributed by atoms with Gasteiger partial charge in [0.25, 0.3) is 0 Å². The van der Waals surface area contributed by atoms with Crippen LogP contribution in [0, 0.1) is 99.6 Å². The molecule has 13 heteroatoms. The lowest BCUT2D eigenvalue weighted by Gasteiger charge is -2.61. The number of ketones is 1. The second-order valence-corrected chi connectivity index (χ2v) is 23.4. The molecule has 0 spiro atoms. The second kappa shape index (κ2) is 16.9. The molecule has 1 aliphatic heterocycles. The Labute approximate surface area is 389 Å². The average molecular weight is 911 g/mol. The number of hydrogen-bond donors (Lipinski definition) is 9. The summed E-state index contributed by atoms with van der Waals surface area (Å²) in [5.74, 6) is 4.93. The van der Waals surface area contributed by atoms with Crippen molar-refractivity contribution in [2.24, 2.45) is 104 Å². The molecule has 1 aromatic heterocycles. The number of hydrogen-bond acceptors (Lipinski definition) is 10. The van der Waals surface area contributed by atoms with Gasteiger partial charge in [-0.1, -0.05) is 31.4 Å². The number of aromatic nitrogens is 1. The van der Waals surface area contributed by atoms with E-state index in [9.17, 15) is 40.2 Å². The summed E-state index contributed by atoms with van der Waals surface area (Å²) in [5.41, 5.74) is 9.53. The van der Waals surface area contributed by atoms with Gasteiger partial charge in [-0.25, -0.2) is 0 Å². The molecule has 8 aliphatic carbocycles. The van der Waals surface area contributed by atoms with E-state index >= 15 is 0 Å². The van der Waals surface area contributed by atoms with Crippen LogP contribution < -0.4 is 11.5 Å². The minimum absolute atomic E-state index is 0.00562. The van der Waals surface area contributed by atoms with Gasteiger partial charge >= 0.3 is 5.97 Å². The van der Waals surface area contributed by atoms with Crippen LogP contribution in [0.4, 0.5) is 0 Å². The Balaban J connectivity index is 1.13. The van der Waals surface area contributed by atoms with Crippen LogP contribution in [-0.4, -0.2) is 103 Å².